The van der Waals surface area contributed by atoms with Gasteiger partial charge in [-0.1, -0.05) is 19.4 Å². The summed E-state index contributed by atoms with van der Waals surface area (Å²) in [7, 11) is 0. The van der Waals surface area contributed by atoms with Crippen LogP contribution in [0.4, 0.5) is 0 Å². The lowest BCUT2D eigenvalue weighted by atomic mass is 10.1. The Morgan fingerprint density at radius 1 is 1.45 bits per heavy atom. The number of rotatable bonds is 5. The first-order chi connectivity index (χ1) is 9.74. The molecule has 1 fully saturated rings. The smallest absolute Gasteiger partial charge is 0.227 e. The van der Waals surface area contributed by atoms with Gasteiger partial charge in [0.2, 0.25) is 5.91 Å². The number of hydrogen-bond acceptors (Lipinski definition) is 4. The van der Waals surface area contributed by atoms with E-state index in [0.717, 1.165) is 43.9 Å². The molecule has 0 spiro atoms. The number of carbonyl (C=O) groups is 1. The van der Waals surface area contributed by atoms with Crippen LogP contribution in [-0.4, -0.2) is 47.9 Å². The molecule has 1 aromatic heterocycles. The van der Waals surface area contributed by atoms with Crippen LogP contribution in [0.3, 0.4) is 0 Å². The van der Waals surface area contributed by atoms with Crippen LogP contribution >= 0.6 is 11.3 Å². The van der Waals surface area contributed by atoms with E-state index in [9.17, 15) is 10.1 Å². The van der Waals surface area contributed by atoms with Crippen molar-refractivity contribution in [2.24, 2.45) is 0 Å². The SMILES string of the molecule is CCCC(C#N)N1CCN(C(=O)Cc2cccs2)CC1. The lowest BCUT2D eigenvalue weighted by Crippen LogP contribution is -2.52. The number of carbonyl (C=O) groups excluding carboxylic acids is 1. The first kappa shape index (κ1) is 15.0. The molecule has 2 heterocycles. The zero-order valence-electron chi connectivity index (χ0n) is 11.9. The van der Waals surface area contributed by atoms with Crippen molar-refractivity contribution in [2.45, 2.75) is 32.2 Å². The molecule has 20 heavy (non-hydrogen) atoms. The molecule has 1 aliphatic heterocycles. The van der Waals surface area contributed by atoms with Gasteiger partial charge in [0.1, 0.15) is 0 Å². The molecule has 0 radical (unpaired) electrons. The van der Waals surface area contributed by atoms with Gasteiger partial charge in [0, 0.05) is 31.1 Å². The van der Waals surface area contributed by atoms with Gasteiger partial charge in [0.25, 0.3) is 0 Å². The van der Waals surface area contributed by atoms with E-state index in [1.165, 1.54) is 0 Å². The maximum atomic E-state index is 12.2. The van der Waals surface area contributed by atoms with Crippen molar-refractivity contribution < 1.29 is 4.79 Å². The van der Waals surface area contributed by atoms with Gasteiger partial charge >= 0.3 is 0 Å². The van der Waals surface area contributed by atoms with E-state index >= 15 is 0 Å². The van der Waals surface area contributed by atoms with Gasteiger partial charge in [-0.05, 0) is 17.9 Å². The number of thiophene rings is 1. The Kier molecular flexibility index (Phi) is 5.57. The van der Waals surface area contributed by atoms with Crippen molar-refractivity contribution in [1.82, 2.24) is 9.80 Å². The average molecular weight is 291 g/mol. The number of amides is 1. The van der Waals surface area contributed by atoms with E-state index in [-0.39, 0.29) is 11.9 Å². The number of hydrogen-bond donors (Lipinski definition) is 0. The largest absolute Gasteiger partial charge is 0.340 e. The molecule has 1 saturated heterocycles. The highest BCUT2D eigenvalue weighted by Gasteiger charge is 2.25. The van der Waals surface area contributed by atoms with Crippen LogP contribution in [0.1, 0.15) is 24.6 Å². The van der Waals surface area contributed by atoms with Crippen molar-refractivity contribution in [3.05, 3.63) is 22.4 Å². The Labute approximate surface area is 124 Å². The topological polar surface area (TPSA) is 47.3 Å². The minimum Gasteiger partial charge on any atom is -0.340 e. The standard InChI is InChI=1S/C15H21N3OS/c1-2-4-13(12-16)17-6-8-18(9-7-17)15(19)11-14-5-3-10-20-14/h3,5,10,13H,2,4,6-9,11H2,1H3. The highest BCUT2D eigenvalue weighted by atomic mass is 32.1. The Bertz CT molecular complexity index is 458. The van der Waals surface area contributed by atoms with E-state index in [4.69, 9.17) is 0 Å². The van der Waals surface area contributed by atoms with E-state index in [1.54, 1.807) is 11.3 Å². The highest BCUT2D eigenvalue weighted by Crippen LogP contribution is 2.14. The molecule has 0 aliphatic carbocycles. The maximum absolute atomic E-state index is 12.2. The predicted molar refractivity (Wildman–Crippen MR) is 80.5 cm³/mol. The third-order valence-corrected chi connectivity index (χ3v) is 4.60. The van der Waals surface area contributed by atoms with Gasteiger partial charge in [-0.3, -0.25) is 9.69 Å². The molecule has 0 N–H and O–H groups in total. The van der Waals surface area contributed by atoms with Gasteiger partial charge in [-0.25, -0.2) is 0 Å². The maximum Gasteiger partial charge on any atom is 0.227 e. The molecule has 1 unspecified atom stereocenters. The quantitative estimate of drug-likeness (QED) is 0.835. The molecular formula is C15H21N3OS. The Balaban J connectivity index is 1.82. The summed E-state index contributed by atoms with van der Waals surface area (Å²) in [5.74, 6) is 0.205. The van der Waals surface area contributed by atoms with E-state index in [2.05, 4.69) is 17.9 Å². The monoisotopic (exact) mass is 291 g/mol. The van der Waals surface area contributed by atoms with Gasteiger partial charge < -0.3 is 4.90 Å². The molecule has 1 aliphatic rings. The van der Waals surface area contributed by atoms with Crippen LogP contribution in [0.2, 0.25) is 0 Å². The molecule has 2 rings (SSSR count). The fourth-order valence-electron chi connectivity index (χ4n) is 2.56. The minimum absolute atomic E-state index is 0.00884. The van der Waals surface area contributed by atoms with Gasteiger partial charge in [0.05, 0.1) is 18.5 Å². The van der Waals surface area contributed by atoms with Crippen molar-refractivity contribution >= 4 is 17.2 Å². The van der Waals surface area contributed by atoms with Crippen LogP contribution < -0.4 is 0 Å². The van der Waals surface area contributed by atoms with Gasteiger partial charge in [-0.2, -0.15) is 5.26 Å². The van der Waals surface area contributed by atoms with Crippen LogP contribution in [0.5, 0.6) is 0 Å². The van der Waals surface area contributed by atoms with Gasteiger partial charge in [0.15, 0.2) is 0 Å². The van der Waals surface area contributed by atoms with Crippen molar-refractivity contribution in [3.8, 4) is 6.07 Å². The number of piperazine rings is 1. The summed E-state index contributed by atoms with van der Waals surface area (Å²) in [6.45, 7) is 5.21. The molecule has 1 aromatic rings. The van der Waals surface area contributed by atoms with Crippen LogP contribution in [-0.2, 0) is 11.2 Å². The Morgan fingerprint density at radius 3 is 2.75 bits per heavy atom. The van der Waals surface area contributed by atoms with Crippen LogP contribution in [0.15, 0.2) is 17.5 Å². The average Bonchev–Trinajstić information content (AvgIpc) is 2.98. The minimum atomic E-state index is 0.00884. The van der Waals surface area contributed by atoms with E-state index < -0.39 is 0 Å². The number of nitrogens with zero attached hydrogens (tertiary/aromatic N) is 3. The third kappa shape index (κ3) is 3.81. The molecule has 0 aromatic carbocycles. The summed E-state index contributed by atoms with van der Waals surface area (Å²) in [6, 6.07) is 6.37. The van der Waals surface area contributed by atoms with Crippen LogP contribution in [0.25, 0.3) is 0 Å². The summed E-state index contributed by atoms with van der Waals surface area (Å²) in [5, 5.41) is 11.2. The highest BCUT2D eigenvalue weighted by molar-refractivity contribution is 7.10. The lowest BCUT2D eigenvalue weighted by Gasteiger charge is -2.36. The molecule has 5 heteroatoms. The Hall–Kier alpha value is -1.38. The van der Waals surface area contributed by atoms with Crippen molar-refractivity contribution in [1.29, 1.82) is 5.26 Å². The fraction of sp³-hybridized carbons (Fsp3) is 0.600. The second-order valence-electron chi connectivity index (χ2n) is 5.11. The summed E-state index contributed by atoms with van der Waals surface area (Å²) in [4.78, 5) is 17.4. The van der Waals surface area contributed by atoms with E-state index in [1.807, 2.05) is 22.4 Å². The molecular weight excluding hydrogens is 270 g/mol. The van der Waals surface area contributed by atoms with Crippen LogP contribution in [0, 0.1) is 11.3 Å². The predicted octanol–water partition coefficient (Wildman–Crippen LogP) is 2.13. The molecule has 1 atom stereocenters. The lowest BCUT2D eigenvalue weighted by molar-refractivity contribution is -0.132. The van der Waals surface area contributed by atoms with Crippen molar-refractivity contribution in [2.75, 3.05) is 26.2 Å². The third-order valence-electron chi connectivity index (χ3n) is 3.72. The first-order valence-electron chi connectivity index (χ1n) is 7.18. The second kappa shape index (κ2) is 7.41. The molecule has 0 bridgehead atoms. The summed E-state index contributed by atoms with van der Waals surface area (Å²) in [5.41, 5.74) is 0. The summed E-state index contributed by atoms with van der Waals surface area (Å²) < 4.78 is 0. The molecule has 108 valence electrons. The first-order valence-corrected chi connectivity index (χ1v) is 8.06. The fourth-order valence-corrected chi connectivity index (χ4v) is 3.26. The molecule has 1 amide bonds. The Morgan fingerprint density at radius 2 is 2.20 bits per heavy atom. The molecule has 0 saturated carbocycles. The number of nitriles is 1. The summed E-state index contributed by atoms with van der Waals surface area (Å²) in [6.07, 6.45) is 2.45. The summed E-state index contributed by atoms with van der Waals surface area (Å²) >= 11 is 1.63. The normalized spacial score (nSPS) is 17.7. The second-order valence-corrected chi connectivity index (χ2v) is 6.14. The van der Waals surface area contributed by atoms with E-state index in [0.29, 0.717) is 6.42 Å². The van der Waals surface area contributed by atoms with Crippen molar-refractivity contribution in [3.63, 3.8) is 0 Å². The zero-order chi connectivity index (χ0) is 14.4. The van der Waals surface area contributed by atoms with Gasteiger partial charge in [-0.15, -0.1) is 11.3 Å². The zero-order valence-corrected chi connectivity index (χ0v) is 12.7. The molecule has 4 nitrogen and oxygen atoms in total.